The molecule has 0 saturated carbocycles. The standard InChI is InChI=1S/C19H19BrN4/c1-13(2)12-24-19(16-7-6-14(3)9-17(16)20)22-18(23-24)10-15-5-4-8-21-11-15/h4-9,11H,1,10,12H2,2-3H3. The molecule has 0 fully saturated rings. The maximum atomic E-state index is 4.77. The van der Waals surface area contributed by atoms with Crippen LogP contribution in [0.3, 0.4) is 0 Å². The minimum atomic E-state index is 0.649. The molecule has 0 atom stereocenters. The van der Waals surface area contributed by atoms with Crippen LogP contribution in [0.15, 0.2) is 59.4 Å². The molecule has 0 amide bonds. The summed E-state index contributed by atoms with van der Waals surface area (Å²) < 4.78 is 2.94. The number of benzene rings is 1. The van der Waals surface area contributed by atoms with Gasteiger partial charge in [0, 0.05) is 28.9 Å². The number of hydrogen-bond donors (Lipinski definition) is 0. The molecule has 0 saturated heterocycles. The molecule has 3 rings (SSSR count). The van der Waals surface area contributed by atoms with Gasteiger partial charge in [0.2, 0.25) is 0 Å². The summed E-state index contributed by atoms with van der Waals surface area (Å²) in [5.41, 5.74) is 4.37. The smallest absolute Gasteiger partial charge is 0.159 e. The number of pyridine rings is 1. The SMILES string of the molecule is C=C(C)Cn1nc(Cc2cccnc2)nc1-c1ccc(C)cc1Br. The van der Waals surface area contributed by atoms with Crippen LogP contribution in [0.25, 0.3) is 11.4 Å². The Morgan fingerprint density at radius 3 is 2.79 bits per heavy atom. The molecule has 0 spiro atoms. The van der Waals surface area contributed by atoms with E-state index in [1.807, 2.05) is 29.9 Å². The Labute approximate surface area is 150 Å². The van der Waals surface area contributed by atoms with E-state index in [2.05, 4.69) is 57.7 Å². The van der Waals surface area contributed by atoms with Crippen molar-refractivity contribution in [1.29, 1.82) is 0 Å². The number of hydrogen-bond acceptors (Lipinski definition) is 3. The molecule has 5 heteroatoms. The second kappa shape index (κ2) is 7.09. The Kier molecular flexibility index (Phi) is 4.90. The summed E-state index contributed by atoms with van der Waals surface area (Å²) in [6, 6.07) is 10.2. The lowest BCUT2D eigenvalue weighted by Crippen LogP contribution is -2.04. The Balaban J connectivity index is 2.01. The van der Waals surface area contributed by atoms with Crippen LogP contribution in [-0.4, -0.2) is 19.7 Å². The van der Waals surface area contributed by atoms with Gasteiger partial charge in [0.15, 0.2) is 11.6 Å². The van der Waals surface area contributed by atoms with Gasteiger partial charge < -0.3 is 0 Å². The fourth-order valence-corrected chi connectivity index (χ4v) is 3.19. The first-order valence-corrected chi connectivity index (χ1v) is 8.56. The molecule has 24 heavy (non-hydrogen) atoms. The highest BCUT2D eigenvalue weighted by Gasteiger charge is 2.15. The molecule has 4 nitrogen and oxygen atoms in total. The van der Waals surface area contributed by atoms with E-state index >= 15 is 0 Å². The minimum Gasteiger partial charge on any atom is -0.264 e. The monoisotopic (exact) mass is 382 g/mol. The second-order valence-corrected chi connectivity index (χ2v) is 6.84. The van der Waals surface area contributed by atoms with Crippen LogP contribution >= 0.6 is 15.9 Å². The Morgan fingerprint density at radius 2 is 2.12 bits per heavy atom. The lowest BCUT2D eigenvalue weighted by molar-refractivity contribution is 0.674. The van der Waals surface area contributed by atoms with Gasteiger partial charge in [-0.15, -0.1) is 0 Å². The van der Waals surface area contributed by atoms with Crippen molar-refractivity contribution < 1.29 is 0 Å². The maximum Gasteiger partial charge on any atom is 0.159 e. The average molecular weight is 383 g/mol. The van der Waals surface area contributed by atoms with Gasteiger partial charge in [-0.2, -0.15) is 5.10 Å². The molecule has 2 heterocycles. The van der Waals surface area contributed by atoms with E-state index in [1.165, 1.54) is 5.56 Å². The van der Waals surface area contributed by atoms with E-state index in [0.29, 0.717) is 13.0 Å². The number of aromatic nitrogens is 4. The Bertz CT molecular complexity index is 868. The third-order valence-corrected chi connectivity index (χ3v) is 4.24. The summed E-state index contributed by atoms with van der Waals surface area (Å²) in [6.07, 6.45) is 4.28. The Hall–Kier alpha value is -2.27. The summed E-state index contributed by atoms with van der Waals surface area (Å²) >= 11 is 3.65. The van der Waals surface area contributed by atoms with Crippen LogP contribution in [0.2, 0.25) is 0 Å². The van der Waals surface area contributed by atoms with E-state index in [4.69, 9.17) is 4.98 Å². The number of rotatable bonds is 5. The average Bonchev–Trinajstić information content (AvgIpc) is 2.89. The van der Waals surface area contributed by atoms with Gasteiger partial charge in [-0.3, -0.25) is 4.98 Å². The molecule has 0 N–H and O–H groups in total. The third-order valence-electron chi connectivity index (χ3n) is 3.59. The summed E-state index contributed by atoms with van der Waals surface area (Å²) in [6.45, 7) is 8.72. The van der Waals surface area contributed by atoms with E-state index < -0.39 is 0 Å². The van der Waals surface area contributed by atoms with E-state index in [0.717, 1.165) is 32.8 Å². The zero-order chi connectivity index (χ0) is 17.1. The lowest BCUT2D eigenvalue weighted by atomic mass is 10.1. The quantitative estimate of drug-likeness (QED) is 0.606. The van der Waals surface area contributed by atoms with Crippen molar-refractivity contribution in [2.75, 3.05) is 0 Å². The summed E-state index contributed by atoms with van der Waals surface area (Å²) in [4.78, 5) is 8.93. The van der Waals surface area contributed by atoms with Gasteiger partial charge in [0.05, 0.1) is 6.54 Å². The fraction of sp³-hybridized carbons (Fsp3) is 0.211. The van der Waals surface area contributed by atoms with Crippen molar-refractivity contribution in [3.63, 3.8) is 0 Å². The van der Waals surface area contributed by atoms with Gasteiger partial charge >= 0.3 is 0 Å². The van der Waals surface area contributed by atoms with Crippen molar-refractivity contribution in [3.8, 4) is 11.4 Å². The van der Waals surface area contributed by atoms with Crippen LogP contribution in [0, 0.1) is 6.92 Å². The molecule has 0 bridgehead atoms. The molecule has 0 radical (unpaired) electrons. The molecule has 1 aromatic carbocycles. The summed E-state index contributed by atoms with van der Waals surface area (Å²) in [5, 5.41) is 4.68. The summed E-state index contributed by atoms with van der Waals surface area (Å²) in [5.74, 6) is 1.63. The third kappa shape index (κ3) is 3.79. The largest absolute Gasteiger partial charge is 0.264 e. The van der Waals surface area contributed by atoms with Crippen LogP contribution in [0.1, 0.15) is 23.9 Å². The van der Waals surface area contributed by atoms with Crippen molar-refractivity contribution in [1.82, 2.24) is 19.7 Å². The first-order valence-electron chi connectivity index (χ1n) is 7.76. The maximum absolute atomic E-state index is 4.77. The van der Waals surface area contributed by atoms with Crippen molar-refractivity contribution in [3.05, 3.63) is 76.3 Å². The summed E-state index contributed by atoms with van der Waals surface area (Å²) in [7, 11) is 0. The highest BCUT2D eigenvalue weighted by molar-refractivity contribution is 9.10. The fourth-order valence-electron chi connectivity index (χ4n) is 2.52. The van der Waals surface area contributed by atoms with E-state index in [9.17, 15) is 0 Å². The van der Waals surface area contributed by atoms with Crippen molar-refractivity contribution in [2.24, 2.45) is 0 Å². The molecular weight excluding hydrogens is 364 g/mol. The van der Waals surface area contributed by atoms with E-state index in [1.54, 1.807) is 6.20 Å². The lowest BCUT2D eigenvalue weighted by Gasteiger charge is -2.08. The van der Waals surface area contributed by atoms with Crippen molar-refractivity contribution >= 4 is 15.9 Å². The highest BCUT2D eigenvalue weighted by atomic mass is 79.9. The van der Waals surface area contributed by atoms with Gasteiger partial charge in [0.25, 0.3) is 0 Å². The predicted molar refractivity (Wildman–Crippen MR) is 99.8 cm³/mol. The molecule has 0 aliphatic carbocycles. The Morgan fingerprint density at radius 1 is 1.29 bits per heavy atom. The molecular formula is C19H19BrN4. The van der Waals surface area contributed by atoms with E-state index in [-0.39, 0.29) is 0 Å². The molecule has 122 valence electrons. The van der Waals surface area contributed by atoms with Gasteiger partial charge in [0.1, 0.15) is 0 Å². The van der Waals surface area contributed by atoms with Crippen LogP contribution < -0.4 is 0 Å². The normalized spacial score (nSPS) is 10.8. The molecule has 0 aliphatic rings. The number of aryl methyl sites for hydroxylation is 1. The molecule has 0 unspecified atom stereocenters. The predicted octanol–water partition coefficient (Wildman–Crippen LogP) is 4.58. The minimum absolute atomic E-state index is 0.649. The number of allylic oxidation sites excluding steroid dienone is 1. The second-order valence-electron chi connectivity index (χ2n) is 5.99. The van der Waals surface area contributed by atoms with Gasteiger partial charge in [-0.1, -0.05) is 40.2 Å². The zero-order valence-corrected chi connectivity index (χ0v) is 15.4. The zero-order valence-electron chi connectivity index (χ0n) is 13.8. The highest BCUT2D eigenvalue weighted by Crippen LogP contribution is 2.28. The van der Waals surface area contributed by atoms with Crippen LogP contribution in [0.5, 0.6) is 0 Å². The first kappa shape index (κ1) is 16.6. The molecule has 0 aliphatic heterocycles. The van der Waals surface area contributed by atoms with Gasteiger partial charge in [-0.05, 0) is 43.2 Å². The topological polar surface area (TPSA) is 43.6 Å². The number of nitrogens with zero attached hydrogens (tertiary/aromatic N) is 4. The van der Waals surface area contributed by atoms with Crippen LogP contribution in [0.4, 0.5) is 0 Å². The number of halogens is 1. The van der Waals surface area contributed by atoms with Crippen LogP contribution in [-0.2, 0) is 13.0 Å². The molecule has 3 aromatic rings. The molecule has 2 aromatic heterocycles. The van der Waals surface area contributed by atoms with Crippen molar-refractivity contribution in [2.45, 2.75) is 26.8 Å². The first-order chi connectivity index (χ1) is 11.5. The van der Waals surface area contributed by atoms with Gasteiger partial charge in [-0.25, -0.2) is 9.67 Å².